The standard InChI is InChI=1S/CH2O3.3Ni.5H2O/c2-1(3)4;;;;;;;;/h(H2,2,3,4);;;;5*1H2/q;;;+2;;;;;/p-2. The molecule has 0 radical (unpaired) electrons. The van der Waals surface area contributed by atoms with Crippen molar-refractivity contribution in [1.82, 2.24) is 0 Å². The van der Waals surface area contributed by atoms with E-state index in [-0.39, 0.29) is 76.9 Å². The summed E-state index contributed by atoms with van der Waals surface area (Å²) in [4.78, 5) is 8.33. The Bertz CT molecular complexity index is 37.3. The minimum Gasteiger partial charge on any atom is -0.652 e. The summed E-state index contributed by atoms with van der Waals surface area (Å²) >= 11 is 0. The topological polar surface area (TPSA) is 221 Å². The molecule has 10 N–H and O–H groups in total. The monoisotopic (exact) mass is 324 g/mol. The Hall–Kier alpha value is 0.551. The van der Waals surface area contributed by atoms with Crippen molar-refractivity contribution in [3.8, 4) is 0 Å². The van der Waals surface area contributed by atoms with E-state index in [1.54, 1.807) is 0 Å². The summed E-state index contributed by atoms with van der Waals surface area (Å²) in [6, 6.07) is 0. The largest absolute Gasteiger partial charge is 2.00 e. The van der Waals surface area contributed by atoms with Gasteiger partial charge in [0.05, 0.1) is 0 Å². The van der Waals surface area contributed by atoms with Gasteiger partial charge >= 0.3 is 16.5 Å². The summed E-state index contributed by atoms with van der Waals surface area (Å²) in [5.41, 5.74) is 0. The molecule has 0 aromatic rings. The minimum atomic E-state index is -2.33. The van der Waals surface area contributed by atoms with Gasteiger partial charge in [-0.05, 0) is 6.16 Å². The van der Waals surface area contributed by atoms with Gasteiger partial charge < -0.3 is 42.4 Å². The normalized spacial score (nSPS) is 2.00. The van der Waals surface area contributed by atoms with E-state index in [1.807, 2.05) is 0 Å². The minimum absolute atomic E-state index is 0. The molecule has 0 fully saturated rings. The fraction of sp³-hybridized carbons (Fsp3) is 0. The van der Waals surface area contributed by atoms with Crippen molar-refractivity contribution < 1.29 is 91.9 Å². The Morgan fingerprint density at radius 1 is 0.750 bits per heavy atom. The molecule has 0 bridgehead atoms. The Balaban J connectivity index is -0.00000000161. The molecule has 0 saturated heterocycles. The predicted octanol–water partition coefficient (Wildman–Crippen LogP) is -6.58. The maximum absolute atomic E-state index is 8.33. The number of hydrogen-bond donors (Lipinski definition) is 0. The van der Waals surface area contributed by atoms with Crippen molar-refractivity contribution in [2.45, 2.75) is 0 Å². The van der Waals surface area contributed by atoms with E-state index in [4.69, 9.17) is 15.0 Å². The van der Waals surface area contributed by atoms with Gasteiger partial charge in [-0.25, -0.2) is 0 Å². The van der Waals surface area contributed by atoms with Crippen LogP contribution in [0, 0.1) is 0 Å². The van der Waals surface area contributed by atoms with Crippen LogP contribution in [0.25, 0.3) is 0 Å². The second kappa shape index (κ2) is 102. The third kappa shape index (κ3) is 3180. The molecule has 0 heterocycles. The van der Waals surface area contributed by atoms with Crippen LogP contribution in [0.3, 0.4) is 0 Å². The van der Waals surface area contributed by atoms with E-state index < -0.39 is 6.16 Å². The van der Waals surface area contributed by atoms with Crippen LogP contribution < -0.4 is 10.2 Å². The van der Waals surface area contributed by atoms with Crippen molar-refractivity contribution in [3.05, 3.63) is 0 Å². The summed E-state index contributed by atoms with van der Waals surface area (Å²) in [6.45, 7) is 0. The molecule has 0 spiro atoms. The molecule has 0 rings (SSSR count). The summed E-state index contributed by atoms with van der Waals surface area (Å²) in [6.07, 6.45) is -2.33. The number of carboxylic acid groups (broad SMARTS) is 2. The van der Waals surface area contributed by atoms with E-state index in [0.717, 1.165) is 0 Å². The van der Waals surface area contributed by atoms with E-state index in [0.29, 0.717) is 0 Å². The molecule has 0 unspecified atom stereocenters. The van der Waals surface area contributed by atoms with E-state index in [2.05, 4.69) is 0 Å². The SMILES string of the molecule is O.O.O.O.O.O=C([O-])[O-].[Ni+2].[Ni].[Ni]. The third-order valence-corrected chi connectivity index (χ3v) is 0. The van der Waals surface area contributed by atoms with E-state index in [9.17, 15) is 0 Å². The summed E-state index contributed by atoms with van der Waals surface area (Å²) in [5.74, 6) is 0. The van der Waals surface area contributed by atoms with Gasteiger partial charge in [0.2, 0.25) is 0 Å². The van der Waals surface area contributed by atoms with Crippen molar-refractivity contribution >= 4 is 6.16 Å². The van der Waals surface area contributed by atoms with Gasteiger partial charge in [-0.2, -0.15) is 0 Å². The molecule has 0 aliphatic carbocycles. The van der Waals surface area contributed by atoms with Crippen LogP contribution in [-0.4, -0.2) is 33.5 Å². The first kappa shape index (κ1) is 133. The van der Waals surface area contributed by atoms with Gasteiger partial charge in [-0.15, -0.1) is 0 Å². The molecule has 0 atom stereocenters. The Labute approximate surface area is 98.0 Å². The van der Waals surface area contributed by atoms with E-state index >= 15 is 0 Å². The molecular formula is CH10Ni3O8. The number of carbonyl (C=O) groups is 1. The molecule has 0 aromatic carbocycles. The maximum Gasteiger partial charge on any atom is 2.00 e. The molecular weight excluding hydrogens is 316 g/mol. The fourth-order valence-corrected chi connectivity index (χ4v) is 0. The molecule has 92 valence electrons. The molecule has 0 amide bonds. The van der Waals surface area contributed by atoms with Crippen molar-refractivity contribution in [2.75, 3.05) is 0 Å². The number of carbonyl (C=O) groups excluding carboxylic acids is 1. The number of rotatable bonds is 0. The Morgan fingerprint density at radius 3 is 0.750 bits per heavy atom. The average molecular weight is 326 g/mol. The molecule has 12 heavy (non-hydrogen) atoms. The van der Waals surface area contributed by atoms with Crippen LogP contribution in [0.5, 0.6) is 0 Å². The molecule has 11 heteroatoms. The van der Waals surface area contributed by atoms with Crippen molar-refractivity contribution in [2.24, 2.45) is 0 Å². The van der Waals surface area contributed by atoms with E-state index in [1.165, 1.54) is 0 Å². The van der Waals surface area contributed by atoms with Gasteiger partial charge in [0, 0.05) is 33.0 Å². The zero-order chi connectivity index (χ0) is 3.58. The molecule has 0 aliphatic rings. The Kier molecular flexibility index (Phi) is 1130. The van der Waals surface area contributed by atoms with Crippen LogP contribution in [0.1, 0.15) is 0 Å². The smallest absolute Gasteiger partial charge is 0.652 e. The second-order valence-corrected chi connectivity index (χ2v) is 0.250. The summed E-state index contributed by atoms with van der Waals surface area (Å²) in [7, 11) is 0. The number of hydrogen-bond acceptors (Lipinski definition) is 3. The van der Waals surface area contributed by atoms with Crippen LogP contribution >= 0.6 is 0 Å². The molecule has 0 aliphatic heterocycles. The van der Waals surface area contributed by atoms with Crippen LogP contribution in [0.2, 0.25) is 0 Å². The van der Waals surface area contributed by atoms with Gasteiger partial charge in [0.15, 0.2) is 0 Å². The zero-order valence-electron chi connectivity index (χ0n) is 5.17. The quantitative estimate of drug-likeness (QED) is 0.396. The zero-order valence-corrected chi connectivity index (χ0v) is 8.14. The third-order valence-electron chi connectivity index (χ3n) is 0. The first-order valence-electron chi connectivity index (χ1n) is 0.612. The second-order valence-electron chi connectivity index (χ2n) is 0.250. The first-order chi connectivity index (χ1) is 1.73. The predicted molar refractivity (Wildman–Crippen MR) is 23.5 cm³/mol. The van der Waals surface area contributed by atoms with Gasteiger partial charge in [-0.3, -0.25) is 0 Å². The molecule has 8 nitrogen and oxygen atoms in total. The van der Waals surface area contributed by atoms with Crippen LogP contribution in [-0.2, 0) is 49.5 Å². The van der Waals surface area contributed by atoms with Crippen molar-refractivity contribution in [1.29, 1.82) is 0 Å². The molecule has 0 saturated carbocycles. The van der Waals surface area contributed by atoms with Gasteiger partial charge in [-0.1, -0.05) is 0 Å². The average Bonchev–Trinajstić information content (AvgIpc) is 0.811. The maximum atomic E-state index is 8.33. The van der Waals surface area contributed by atoms with Crippen molar-refractivity contribution in [3.63, 3.8) is 0 Å². The van der Waals surface area contributed by atoms with Crippen LogP contribution in [0.15, 0.2) is 0 Å². The Morgan fingerprint density at radius 2 is 0.750 bits per heavy atom. The van der Waals surface area contributed by atoms with Gasteiger partial charge in [0.1, 0.15) is 0 Å². The van der Waals surface area contributed by atoms with Crippen LogP contribution in [0.4, 0.5) is 4.79 Å². The fourth-order valence-electron chi connectivity index (χ4n) is 0. The summed E-state index contributed by atoms with van der Waals surface area (Å²) < 4.78 is 0. The molecule has 0 aromatic heterocycles. The van der Waals surface area contributed by atoms with Gasteiger partial charge in [0.25, 0.3) is 0 Å². The first-order valence-corrected chi connectivity index (χ1v) is 0.612. The summed E-state index contributed by atoms with van der Waals surface area (Å²) in [5, 5.41) is 16.7.